The number of carbonyl (C=O) groups is 1. The smallest absolute Gasteiger partial charge is 0.227 e. The number of hydrogen-bond donors (Lipinski definition) is 1. The third-order valence-electron chi connectivity index (χ3n) is 4.57. The summed E-state index contributed by atoms with van der Waals surface area (Å²) in [5.74, 6) is 0.480. The van der Waals surface area contributed by atoms with Crippen LogP contribution >= 0.6 is 0 Å². The Balaban J connectivity index is 1.70. The fraction of sp³-hybridized carbons (Fsp3) is 0.917. The average Bonchev–Trinajstić information content (AvgIpc) is 2.88. The van der Waals surface area contributed by atoms with Crippen molar-refractivity contribution in [2.45, 2.75) is 44.3 Å². The highest BCUT2D eigenvalue weighted by Gasteiger charge is 2.45. The predicted molar refractivity (Wildman–Crippen MR) is 67.9 cm³/mol. The maximum absolute atomic E-state index is 12.5. The van der Waals surface area contributed by atoms with Gasteiger partial charge in [0.2, 0.25) is 5.91 Å². The number of fused-ring (bicyclic) bond motifs is 2. The van der Waals surface area contributed by atoms with Gasteiger partial charge in [-0.25, -0.2) is 8.42 Å². The number of nitrogens with one attached hydrogen (secondary N) is 1. The molecule has 0 saturated carbocycles. The summed E-state index contributed by atoms with van der Waals surface area (Å²) in [4.78, 5) is 14.3. The molecule has 3 aliphatic heterocycles. The molecule has 102 valence electrons. The van der Waals surface area contributed by atoms with Crippen LogP contribution in [-0.4, -0.2) is 55.4 Å². The lowest BCUT2D eigenvalue weighted by atomic mass is 9.88. The fourth-order valence-corrected chi connectivity index (χ4v) is 5.19. The Hall–Kier alpha value is -0.620. The van der Waals surface area contributed by atoms with E-state index in [0.717, 1.165) is 12.8 Å². The first-order valence-electron chi connectivity index (χ1n) is 6.73. The van der Waals surface area contributed by atoms with Crippen molar-refractivity contribution >= 4 is 15.7 Å². The molecular formula is C12H20N2O3S. The van der Waals surface area contributed by atoms with Gasteiger partial charge in [-0.05, 0) is 26.2 Å². The lowest BCUT2D eigenvalue weighted by Gasteiger charge is -2.36. The van der Waals surface area contributed by atoms with Gasteiger partial charge in [-0.2, -0.15) is 0 Å². The van der Waals surface area contributed by atoms with Crippen LogP contribution in [0.4, 0.5) is 0 Å². The molecule has 1 amide bonds. The normalized spacial score (nSPS) is 42.2. The van der Waals surface area contributed by atoms with Gasteiger partial charge in [-0.3, -0.25) is 4.79 Å². The third kappa shape index (κ3) is 2.05. The van der Waals surface area contributed by atoms with Crippen LogP contribution in [0.3, 0.4) is 0 Å². The molecule has 3 rings (SSSR count). The van der Waals surface area contributed by atoms with E-state index in [4.69, 9.17) is 0 Å². The fourth-order valence-electron chi connectivity index (χ4n) is 3.64. The highest BCUT2D eigenvalue weighted by Crippen LogP contribution is 2.35. The van der Waals surface area contributed by atoms with E-state index in [2.05, 4.69) is 5.32 Å². The molecule has 4 atom stereocenters. The van der Waals surface area contributed by atoms with Crippen molar-refractivity contribution in [2.75, 3.05) is 18.1 Å². The lowest BCUT2D eigenvalue weighted by Crippen LogP contribution is -2.53. The van der Waals surface area contributed by atoms with Gasteiger partial charge in [-0.15, -0.1) is 0 Å². The van der Waals surface area contributed by atoms with E-state index in [0.29, 0.717) is 18.6 Å². The molecule has 0 aromatic heterocycles. The molecule has 5 nitrogen and oxygen atoms in total. The van der Waals surface area contributed by atoms with Crippen molar-refractivity contribution in [1.29, 1.82) is 0 Å². The summed E-state index contributed by atoms with van der Waals surface area (Å²) in [7, 11) is -2.94. The Morgan fingerprint density at radius 2 is 2.11 bits per heavy atom. The number of carbonyl (C=O) groups excluding carboxylic acids is 1. The Morgan fingerprint density at radius 3 is 2.67 bits per heavy atom. The van der Waals surface area contributed by atoms with Gasteiger partial charge in [0, 0.05) is 24.7 Å². The average molecular weight is 272 g/mol. The van der Waals surface area contributed by atoms with Crippen molar-refractivity contribution in [3.63, 3.8) is 0 Å². The van der Waals surface area contributed by atoms with E-state index in [9.17, 15) is 13.2 Å². The van der Waals surface area contributed by atoms with Crippen LogP contribution in [-0.2, 0) is 14.6 Å². The van der Waals surface area contributed by atoms with Crippen molar-refractivity contribution < 1.29 is 13.2 Å². The molecule has 3 aliphatic rings. The second-order valence-corrected chi connectivity index (χ2v) is 8.11. The summed E-state index contributed by atoms with van der Waals surface area (Å²) in [6, 6.07) is 0.663. The number of amides is 1. The van der Waals surface area contributed by atoms with Gasteiger partial charge >= 0.3 is 0 Å². The first-order chi connectivity index (χ1) is 8.46. The van der Waals surface area contributed by atoms with E-state index in [1.165, 1.54) is 6.42 Å². The second-order valence-electron chi connectivity index (χ2n) is 5.88. The third-order valence-corrected chi connectivity index (χ3v) is 6.37. The minimum atomic E-state index is -2.94. The van der Waals surface area contributed by atoms with Crippen LogP contribution in [0.2, 0.25) is 0 Å². The zero-order valence-corrected chi connectivity index (χ0v) is 11.4. The predicted octanol–water partition coefficient (Wildman–Crippen LogP) is -0.228. The maximum atomic E-state index is 12.5. The SMILES string of the molecule is CC1CS(=O)(=O)CCN1C(=O)C1CC2CCC1N2. The highest BCUT2D eigenvalue weighted by molar-refractivity contribution is 7.91. The summed E-state index contributed by atoms with van der Waals surface area (Å²) < 4.78 is 23.1. The van der Waals surface area contributed by atoms with Gasteiger partial charge in [0.1, 0.15) is 0 Å². The Labute approximate surface area is 108 Å². The molecule has 1 N–H and O–H groups in total. The molecule has 3 saturated heterocycles. The number of nitrogens with zero attached hydrogens (tertiary/aromatic N) is 1. The molecule has 3 fully saturated rings. The quantitative estimate of drug-likeness (QED) is 0.716. The molecule has 0 spiro atoms. The Bertz CT molecular complexity index is 462. The minimum absolute atomic E-state index is 0.0759. The minimum Gasteiger partial charge on any atom is -0.338 e. The van der Waals surface area contributed by atoms with Crippen LogP contribution in [0.15, 0.2) is 0 Å². The first-order valence-corrected chi connectivity index (χ1v) is 8.55. The second kappa shape index (κ2) is 4.20. The van der Waals surface area contributed by atoms with E-state index in [1.807, 2.05) is 6.92 Å². The lowest BCUT2D eigenvalue weighted by molar-refractivity contribution is -0.137. The van der Waals surface area contributed by atoms with Crippen molar-refractivity contribution in [3.8, 4) is 0 Å². The molecule has 4 unspecified atom stereocenters. The maximum Gasteiger partial charge on any atom is 0.227 e. The number of rotatable bonds is 1. The van der Waals surface area contributed by atoms with Crippen LogP contribution in [0.25, 0.3) is 0 Å². The van der Waals surface area contributed by atoms with Crippen LogP contribution < -0.4 is 5.32 Å². The number of sulfone groups is 1. The molecule has 3 heterocycles. The van der Waals surface area contributed by atoms with Gasteiger partial charge < -0.3 is 10.2 Å². The Morgan fingerprint density at radius 1 is 1.33 bits per heavy atom. The molecule has 0 aliphatic carbocycles. The van der Waals surface area contributed by atoms with E-state index < -0.39 is 9.84 Å². The molecule has 2 bridgehead atoms. The molecular weight excluding hydrogens is 252 g/mol. The summed E-state index contributed by atoms with van der Waals surface area (Å²) >= 11 is 0. The molecule has 6 heteroatoms. The summed E-state index contributed by atoms with van der Waals surface area (Å²) in [5, 5.41) is 3.46. The first kappa shape index (κ1) is 12.4. The molecule has 0 aromatic carbocycles. The molecule has 0 aromatic rings. The largest absolute Gasteiger partial charge is 0.338 e. The molecule has 0 radical (unpaired) electrons. The standard InChI is InChI=1S/C12H20N2O3S/c1-8-7-18(16,17)5-4-14(8)12(15)10-6-9-2-3-11(10)13-9/h8-11,13H,2-7H2,1H3. The van der Waals surface area contributed by atoms with E-state index in [-0.39, 0.29) is 29.4 Å². The summed E-state index contributed by atoms with van der Waals surface area (Å²) in [6.07, 6.45) is 3.19. The van der Waals surface area contributed by atoms with Crippen LogP contribution in [0, 0.1) is 5.92 Å². The van der Waals surface area contributed by atoms with Crippen molar-refractivity contribution in [1.82, 2.24) is 10.2 Å². The zero-order valence-electron chi connectivity index (χ0n) is 10.6. The van der Waals surface area contributed by atoms with Crippen molar-refractivity contribution in [3.05, 3.63) is 0 Å². The topological polar surface area (TPSA) is 66.5 Å². The van der Waals surface area contributed by atoms with Crippen LogP contribution in [0.1, 0.15) is 26.2 Å². The van der Waals surface area contributed by atoms with Crippen molar-refractivity contribution in [2.24, 2.45) is 5.92 Å². The monoisotopic (exact) mass is 272 g/mol. The Kier molecular flexibility index (Phi) is 2.90. The number of hydrogen-bond acceptors (Lipinski definition) is 4. The van der Waals surface area contributed by atoms with Gasteiger partial charge in [-0.1, -0.05) is 0 Å². The van der Waals surface area contributed by atoms with Crippen LogP contribution in [0.5, 0.6) is 0 Å². The highest BCUT2D eigenvalue weighted by atomic mass is 32.2. The van der Waals surface area contributed by atoms with E-state index >= 15 is 0 Å². The van der Waals surface area contributed by atoms with Gasteiger partial charge in [0.15, 0.2) is 9.84 Å². The zero-order chi connectivity index (χ0) is 12.9. The van der Waals surface area contributed by atoms with Gasteiger partial charge in [0.05, 0.1) is 17.4 Å². The van der Waals surface area contributed by atoms with Gasteiger partial charge in [0.25, 0.3) is 0 Å². The summed E-state index contributed by atoms with van der Waals surface area (Å²) in [5.41, 5.74) is 0. The molecule has 18 heavy (non-hydrogen) atoms. The summed E-state index contributed by atoms with van der Waals surface area (Å²) in [6.45, 7) is 2.21. The van der Waals surface area contributed by atoms with E-state index in [1.54, 1.807) is 4.90 Å².